The number of carboxylic acids is 1. The quantitative estimate of drug-likeness (QED) is 0.838. The molecule has 7 heteroatoms. The molecule has 0 fully saturated rings. The first-order chi connectivity index (χ1) is 9.29. The number of nitrogens with zero attached hydrogens (tertiary/aromatic N) is 1. The molecule has 0 aliphatic carbocycles. The van der Waals surface area contributed by atoms with Gasteiger partial charge in [0.25, 0.3) is 0 Å². The number of hydrogen-bond acceptors (Lipinski definition) is 2. The van der Waals surface area contributed by atoms with Gasteiger partial charge >= 0.3 is 12.0 Å². The average Bonchev–Trinajstić information content (AvgIpc) is 2.31. The van der Waals surface area contributed by atoms with Gasteiger partial charge < -0.3 is 15.3 Å². The van der Waals surface area contributed by atoms with Crippen molar-refractivity contribution >= 4 is 45.2 Å². The molecule has 0 radical (unpaired) electrons. The number of rotatable bonds is 5. The molecule has 2 N–H and O–H groups in total. The van der Waals surface area contributed by atoms with E-state index < -0.39 is 12.0 Å². The van der Waals surface area contributed by atoms with Gasteiger partial charge in [-0.2, -0.15) is 0 Å². The van der Waals surface area contributed by atoms with E-state index in [-0.39, 0.29) is 12.5 Å². The molecule has 2 amide bonds. The second kappa shape index (κ2) is 7.50. The Morgan fingerprint density at radius 3 is 2.65 bits per heavy atom. The zero-order chi connectivity index (χ0) is 15.3. The predicted octanol–water partition coefficient (Wildman–Crippen LogP) is 3.68. The Balaban J connectivity index is 2.84. The number of nitrogens with one attached hydrogen (secondary N) is 1. The number of anilines is 1. The molecule has 0 heterocycles. The Kier molecular flexibility index (Phi) is 6.29. The van der Waals surface area contributed by atoms with Crippen LogP contribution in [0.15, 0.2) is 22.7 Å². The number of hydrogen-bond donors (Lipinski definition) is 2. The molecule has 0 saturated carbocycles. The zero-order valence-electron chi connectivity index (χ0n) is 11.2. The number of aliphatic carboxylic acids is 1. The second-order valence-corrected chi connectivity index (χ2v) is 6.01. The number of carboxylic acid groups (broad SMARTS) is 1. The molecule has 0 aromatic heterocycles. The predicted molar refractivity (Wildman–Crippen MR) is 82.2 cm³/mol. The third kappa shape index (κ3) is 5.38. The van der Waals surface area contributed by atoms with Crippen molar-refractivity contribution in [3.05, 3.63) is 27.7 Å². The van der Waals surface area contributed by atoms with Crippen molar-refractivity contribution < 1.29 is 14.7 Å². The summed E-state index contributed by atoms with van der Waals surface area (Å²) >= 11 is 9.17. The molecular formula is C13H16BrClN2O3. The van der Waals surface area contributed by atoms with Gasteiger partial charge in [0, 0.05) is 16.0 Å². The molecule has 110 valence electrons. The first-order valence-electron chi connectivity index (χ1n) is 6.02. The summed E-state index contributed by atoms with van der Waals surface area (Å²) in [5.74, 6) is -0.881. The van der Waals surface area contributed by atoms with E-state index >= 15 is 0 Å². The molecule has 0 aliphatic heterocycles. The summed E-state index contributed by atoms with van der Waals surface area (Å²) in [6.07, 6.45) is 0. The highest BCUT2D eigenvalue weighted by atomic mass is 79.9. The van der Waals surface area contributed by atoms with Crippen molar-refractivity contribution in [2.24, 2.45) is 5.92 Å². The van der Waals surface area contributed by atoms with Crippen molar-refractivity contribution in [2.75, 3.05) is 18.4 Å². The number of benzene rings is 1. The highest BCUT2D eigenvalue weighted by Crippen LogP contribution is 2.26. The van der Waals surface area contributed by atoms with Crippen molar-refractivity contribution in [1.29, 1.82) is 0 Å². The van der Waals surface area contributed by atoms with Gasteiger partial charge in [0.1, 0.15) is 6.54 Å². The second-order valence-electron chi connectivity index (χ2n) is 4.72. The van der Waals surface area contributed by atoms with Crippen molar-refractivity contribution in [3.63, 3.8) is 0 Å². The van der Waals surface area contributed by atoms with Crippen LogP contribution in [-0.4, -0.2) is 35.1 Å². The summed E-state index contributed by atoms with van der Waals surface area (Å²) in [6, 6.07) is 4.52. The standard InChI is InChI=1S/C13H16BrClN2O3/c1-8(2)6-17(7-12(18)19)13(20)16-11-5-9(15)3-4-10(11)14/h3-5,8H,6-7H2,1-2H3,(H,16,20)(H,18,19). The lowest BCUT2D eigenvalue weighted by molar-refractivity contribution is -0.137. The molecule has 1 aromatic carbocycles. The van der Waals surface area contributed by atoms with Gasteiger partial charge in [-0.05, 0) is 40.0 Å². The highest BCUT2D eigenvalue weighted by Gasteiger charge is 2.18. The first kappa shape index (κ1) is 16.8. The zero-order valence-corrected chi connectivity index (χ0v) is 13.5. The Labute approximate surface area is 131 Å². The summed E-state index contributed by atoms with van der Waals surface area (Å²) in [5, 5.41) is 12.0. The molecule has 0 aliphatic rings. The van der Waals surface area contributed by atoms with Crippen molar-refractivity contribution in [1.82, 2.24) is 4.90 Å². The lowest BCUT2D eigenvalue weighted by atomic mass is 10.2. The Hall–Kier alpha value is -1.27. The maximum atomic E-state index is 12.1. The maximum absolute atomic E-state index is 12.1. The van der Waals surface area contributed by atoms with Crippen LogP contribution in [0.3, 0.4) is 0 Å². The average molecular weight is 364 g/mol. The van der Waals surface area contributed by atoms with Gasteiger partial charge in [-0.15, -0.1) is 0 Å². The molecular weight excluding hydrogens is 348 g/mol. The summed E-state index contributed by atoms with van der Waals surface area (Å²) in [7, 11) is 0. The van der Waals surface area contributed by atoms with Crippen LogP contribution in [0.5, 0.6) is 0 Å². The van der Waals surface area contributed by atoms with Gasteiger partial charge in [0.15, 0.2) is 0 Å². The summed E-state index contributed by atoms with van der Waals surface area (Å²) in [6.45, 7) is 3.84. The fourth-order valence-electron chi connectivity index (χ4n) is 1.61. The smallest absolute Gasteiger partial charge is 0.323 e. The lowest BCUT2D eigenvalue weighted by Crippen LogP contribution is -2.41. The molecule has 0 spiro atoms. The fraction of sp³-hybridized carbons (Fsp3) is 0.385. The Bertz CT molecular complexity index is 508. The van der Waals surface area contributed by atoms with Crippen LogP contribution < -0.4 is 5.32 Å². The van der Waals surface area contributed by atoms with E-state index in [1.165, 1.54) is 4.90 Å². The minimum atomic E-state index is -1.05. The minimum Gasteiger partial charge on any atom is -0.480 e. The molecule has 0 saturated heterocycles. The van der Waals surface area contributed by atoms with Gasteiger partial charge in [-0.25, -0.2) is 4.79 Å². The van der Waals surface area contributed by atoms with Crippen LogP contribution in [0.25, 0.3) is 0 Å². The molecule has 20 heavy (non-hydrogen) atoms. The first-order valence-corrected chi connectivity index (χ1v) is 7.19. The van der Waals surface area contributed by atoms with Crippen LogP contribution in [-0.2, 0) is 4.79 Å². The SMILES string of the molecule is CC(C)CN(CC(=O)O)C(=O)Nc1cc(Cl)ccc1Br. The molecule has 1 aromatic rings. The van der Waals surface area contributed by atoms with E-state index in [0.717, 1.165) is 0 Å². The summed E-state index contributed by atoms with van der Waals surface area (Å²) in [5.41, 5.74) is 0.502. The number of carbonyl (C=O) groups is 2. The van der Waals surface area contributed by atoms with E-state index in [4.69, 9.17) is 16.7 Å². The number of amides is 2. The van der Waals surface area contributed by atoms with Crippen LogP contribution in [0.1, 0.15) is 13.8 Å². The van der Waals surface area contributed by atoms with Gasteiger partial charge in [0.05, 0.1) is 5.69 Å². The minimum absolute atomic E-state index is 0.169. The molecule has 0 unspecified atom stereocenters. The molecule has 0 bridgehead atoms. The molecule has 0 atom stereocenters. The van der Waals surface area contributed by atoms with Crippen LogP contribution in [0.4, 0.5) is 10.5 Å². The van der Waals surface area contributed by atoms with Crippen LogP contribution in [0, 0.1) is 5.92 Å². The third-order valence-electron chi connectivity index (χ3n) is 2.37. The monoisotopic (exact) mass is 362 g/mol. The Morgan fingerprint density at radius 2 is 2.10 bits per heavy atom. The number of urea groups is 1. The summed E-state index contributed by atoms with van der Waals surface area (Å²) < 4.78 is 0.676. The molecule has 1 rings (SSSR count). The normalized spacial score (nSPS) is 10.4. The van der Waals surface area contributed by atoms with E-state index in [9.17, 15) is 9.59 Å². The third-order valence-corrected chi connectivity index (χ3v) is 3.30. The Morgan fingerprint density at radius 1 is 1.45 bits per heavy atom. The lowest BCUT2D eigenvalue weighted by Gasteiger charge is -2.23. The van der Waals surface area contributed by atoms with E-state index in [2.05, 4.69) is 21.2 Å². The molecule has 5 nitrogen and oxygen atoms in total. The van der Waals surface area contributed by atoms with Gasteiger partial charge in [-0.1, -0.05) is 25.4 Å². The van der Waals surface area contributed by atoms with E-state index in [1.54, 1.807) is 18.2 Å². The van der Waals surface area contributed by atoms with Crippen molar-refractivity contribution in [3.8, 4) is 0 Å². The number of carbonyl (C=O) groups excluding carboxylic acids is 1. The summed E-state index contributed by atoms with van der Waals surface area (Å²) in [4.78, 5) is 24.2. The van der Waals surface area contributed by atoms with Crippen LogP contribution in [0.2, 0.25) is 5.02 Å². The fourth-order valence-corrected chi connectivity index (χ4v) is 2.13. The topological polar surface area (TPSA) is 69.6 Å². The van der Waals surface area contributed by atoms with Crippen molar-refractivity contribution in [2.45, 2.75) is 13.8 Å². The number of halogens is 2. The van der Waals surface area contributed by atoms with Gasteiger partial charge in [-0.3, -0.25) is 4.79 Å². The van der Waals surface area contributed by atoms with E-state index in [1.807, 2.05) is 13.8 Å². The van der Waals surface area contributed by atoms with Gasteiger partial charge in [0.2, 0.25) is 0 Å². The maximum Gasteiger partial charge on any atom is 0.323 e. The van der Waals surface area contributed by atoms with E-state index in [0.29, 0.717) is 21.7 Å². The highest BCUT2D eigenvalue weighted by molar-refractivity contribution is 9.10. The van der Waals surface area contributed by atoms with Crippen LogP contribution >= 0.6 is 27.5 Å². The largest absolute Gasteiger partial charge is 0.480 e.